The van der Waals surface area contributed by atoms with Crippen LogP contribution in [0.1, 0.15) is 45.1 Å². The number of amides is 1. The number of ether oxygens (including phenoxy) is 1. The number of imidazole rings is 1. The fourth-order valence-corrected chi connectivity index (χ4v) is 5.19. The molecule has 0 unspecified atom stereocenters. The standard InChI is InChI=1S/C24H27ClF3N7O2/c1-24(21(29)36)5-2-13(3-6-24)35-20-18(10-30-22(34-20)31-17-4-7-37-11-16(17)28)32-23(35)33-19-14(25)8-12(26)9-15(19)27/h8-10,13,16-17H,2-7,11H2,1H3,(H2,29,36)(H,32,33)(H,30,31,34)/t13-,16-,17-,24-/m1/s1. The Balaban J connectivity index is 1.54. The summed E-state index contributed by atoms with van der Waals surface area (Å²) < 4.78 is 49.5. The third-order valence-electron chi connectivity index (χ3n) is 7.30. The molecular formula is C24H27ClF3N7O2. The van der Waals surface area contributed by atoms with Gasteiger partial charge in [0.25, 0.3) is 0 Å². The summed E-state index contributed by atoms with van der Waals surface area (Å²) in [4.78, 5) is 25.5. The number of nitrogens with two attached hydrogens (primary N) is 1. The van der Waals surface area contributed by atoms with Crippen LogP contribution < -0.4 is 16.4 Å². The number of primary amides is 1. The summed E-state index contributed by atoms with van der Waals surface area (Å²) >= 11 is 6.13. The Labute approximate surface area is 215 Å². The minimum atomic E-state index is -1.21. The van der Waals surface area contributed by atoms with Crippen molar-refractivity contribution < 1.29 is 22.7 Å². The minimum Gasteiger partial charge on any atom is -0.378 e. The molecule has 3 heterocycles. The maximum atomic E-state index is 14.6. The molecule has 4 N–H and O–H groups in total. The molecule has 2 aromatic heterocycles. The molecule has 2 aliphatic rings. The van der Waals surface area contributed by atoms with E-state index in [0.29, 0.717) is 49.9 Å². The second-order valence-corrected chi connectivity index (χ2v) is 10.3. The van der Waals surface area contributed by atoms with E-state index in [1.54, 1.807) is 4.57 Å². The van der Waals surface area contributed by atoms with Gasteiger partial charge in [-0.25, -0.2) is 23.1 Å². The number of nitrogens with one attached hydrogen (secondary N) is 2. The largest absolute Gasteiger partial charge is 0.378 e. The highest BCUT2D eigenvalue weighted by molar-refractivity contribution is 6.33. The number of fused-ring (bicyclic) bond motifs is 1. The minimum absolute atomic E-state index is 0.00336. The number of alkyl halides is 1. The first kappa shape index (κ1) is 25.5. The Hall–Kier alpha value is -3.12. The van der Waals surface area contributed by atoms with E-state index < -0.39 is 29.3 Å². The van der Waals surface area contributed by atoms with Gasteiger partial charge in [0.05, 0.1) is 29.6 Å². The molecule has 1 aliphatic carbocycles. The molecule has 198 valence electrons. The van der Waals surface area contributed by atoms with Crippen LogP contribution in [0.4, 0.5) is 30.8 Å². The van der Waals surface area contributed by atoms with Gasteiger partial charge in [-0.3, -0.25) is 9.36 Å². The van der Waals surface area contributed by atoms with Gasteiger partial charge in [0.1, 0.15) is 17.5 Å². The van der Waals surface area contributed by atoms with Crippen LogP contribution in [0.3, 0.4) is 0 Å². The summed E-state index contributed by atoms with van der Waals surface area (Å²) in [7, 11) is 0. The zero-order valence-electron chi connectivity index (χ0n) is 20.1. The number of anilines is 3. The van der Waals surface area contributed by atoms with E-state index in [0.717, 1.165) is 12.1 Å². The van der Waals surface area contributed by atoms with Gasteiger partial charge in [-0.15, -0.1) is 0 Å². The summed E-state index contributed by atoms with van der Waals surface area (Å²) in [5, 5.41) is 5.79. The lowest BCUT2D eigenvalue weighted by Crippen LogP contribution is -2.39. The van der Waals surface area contributed by atoms with Crippen LogP contribution in [-0.2, 0) is 9.53 Å². The van der Waals surface area contributed by atoms with Crippen molar-refractivity contribution in [3.63, 3.8) is 0 Å². The van der Waals surface area contributed by atoms with Gasteiger partial charge in [0.2, 0.25) is 17.8 Å². The molecule has 2 fully saturated rings. The Morgan fingerprint density at radius 2 is 2.00 bits per heavy atom. The molecular weight excluding hydrogens is 511 g/mol. The van der Waals surface area contributed by atoms with Crippen molar-refractivity contribution in [2.24, 2.45) is 11.1 Å². The predicted octanol–water partition coefficient (Wildman–Crippen LogP) is 4.65. The number of nitrogens with zero attached hydrogens (tertiary/aromatic N) is 4. The number of carbonyl (C=O) groups excluding carboxylic acids is 1. The molecule has 5 rings (SSSR count). The molecule has 1 aromatic carbocycles. The lowest BCUT2D eigenvalue weighted by Gasteiger charge is -2.35. The van der Waals surface area contributed by atoms with Crippen molar-refractivity contribution in [3.05, 3.63) is 35.0 Å². The zero-order chi connectivity index (χ0) is 26.3. The van der Waals surface area contributed by atoms with Crippen molar-refractivity contribution in [2.75, 3.05) is 23.8 Å². The Kier molecular flexibility index (Phi) is 6.88. The van der Waals surface area contributed by atoms with Crippen LogP contribution in [0.25, 0.3) is 11.2 Å². The van der Waals surface area contributed by atoms with Crippen LogP contribution in [0.5, 0.6) is 0 Å². The molecule has 37 heavy (non-hydrogen) atoms. The van der Waals surface area contributed by atoms with Gasteiger partial charge in [-0.1, -0.05) is 18.5 Å². The molecule has 1 amide bonds. The Morgan fingerprint density at radius 3 is 2.68 bits per heavy atom. The Bertz CT molecular complexity index is 1310. The van der Waals surface area contributed by atoms with Gasteiger partial charge in [0, 0.05) is 24.1 Å². The van der Waals surface area contributed by atoms with Gasteiger partial charge >= 0.3 is 0 Å². The molecule has 9 nitrogen and oxygen atoms in total. The highest BCUT2D eigenvalue weighted by Crippen LogP contribution is 2.43. The first-order valence-corrected chi connectivity index (χ1v) is 12.5. The average molecular weight is 538 g/mol. The van der Waals surface area contributed by atoms with Crippen LogP contribution in [-0.4, -0.2) is 50.9 Å². The van der Waals surface area contributed by atoms with Crippen LogP contribution in [0.15, 0.2) is 18.3 Å². The smallest absolute Gasteiger partial charge is 0.225 e. The van der Waals surface area contributed by atoms with Crippen molar-refractivity contribution >= 4 is 46.3 Å². The monoisotopic (exact) mass is 537 g/mol. The highest BCUT2D eigenvalue weighted by Gasteiger charge is 2.38. The van der Waals surface area contributed by atoms with E-state index in [1.165, 1.54) is 6.20 Å². The molecule has 2 atom stereocenters. The van der Waals surface area contributed by atoms with E-state index in [9.17, 15) is 18.0 Å². The van der Waals surface area contributed by atoms with E-state index in [4.69, 9.17) is 22.1 Å². The van der Waals surface area contributed by atoms with Crippen molar-refractivity contribution in [1.82, 2.24) is 19.5 Å². The van der Waals surface area contributed by atoms with Gasteiger partial charge in [0.15, 0.2) is 11.5 Å². The molecule has 0 spiro atoms. The molecule has 1 saturated carbocycles. The number of halogens is 4. The predicted molar refractivity (Wildman–Crippen MR) is 133 cm³/mol. The van der Waals surface area contributed by atoms with Crippen LogP contribution in [0, 0.1) is 17.0 Å². The number of rotatable bonds is 6. The highest BCUT2D eigenvalue weighted by atomic mass is 35.5. The van der Waals surface area contributed by atoms with Crippen LogP contribution in [0.2, 0.25) is 5.02 Å². The number of aromatic nitrogens is 4. The summed E-state index contributed by atoms with van der Waals surface area (Å²) in [6.45, 7) is 2.27. The van der Waals surface area contributed by atoms with Crippen LogP contribution >= 0.6 is 11.6 Å². The SMILES string of the molecule is C[C@]1(C(N)=O)CC[C@H](n2c(Nc3c(F)cc(F)cc3Cl)nc3cnc(N[C@@H]4CCOC[C@H]4F)nc32)CC1. The van der Waals surface area contributed by atoms with Gasteiger partial charge in [-0.05, 0) is 38.2 Å². The first-order chi connectivity index (χ1) is 17.6. The normalized spacial score (nSPS) is 26.2. The molecule has 13 heteroatoms. The lowest BCUT2D eigenvalue weighted by atomic mass is 9.73. The number of hydrogen-bond donors (Lipinski definition) is 3. The summed E-state index contributed by atoms with van der Waals surface area (Å²) in [5.74, 6) is -1.59. The van der Waals surface area contributed by atoms with Gasteiger partial charge in [-0.2, -0.15) is 4.98 Å². The quantitative estimate of drug-likeness (QED) is 0.419. The van der Waals surface area contributed by atoms with Crippen molar-refractivity contribution in [1.29, 1.82) is 0 Å². The number of benzene rings is 1. The third-order valence-corrected chi connectivity index (χ3v) is 7.59. The molecule has 0 radical (unpaired) electrons. The van der Waals surface area contributed by atoms with Crippen molar-refractivity contribution in [3.8, 4) is 0 Å². The summed E-state index contributed by atoms with van der Waals surface area (Å²) in [6.07, 6.45) is 3.00. The number of carbonyl (C=O) groups is 1. The third kappa shape index (κ3) is 5.04. The average Bonchev–Trinajstić information content (AvgIpc) is 3.20. The van der Waals surface area contributed by atoms with E-state index in [2.05, 4.69) is 25.6 Å². The fourth-order valence-electron chi connectivity index (χ4n) is 4.94. The topological polar surface area (TPSA) is 120 Å². The van der Waals surface area contributed by atoms with Crippen molar-refractivity contribution in [2.45, 2.75) is 57.3 Å². The summed E-state index contributed by atoms with van der Waals surface area (Å²) in [6, 6.07) is 1.06. The fraction of sp³-hybridized carbons (Fsp3) is 0.500. The first-order valence-electron chi connectivity index (χ1n) is 12.1. The molecule has 3 aromatic rings. The molecule has 1 aliphatic heterocycles. The molecule has 0 bridgehead atoms. The maximum absolute atomic E-state index is 14.6. The van der Waals surface area contributed by atoms with E-state index in [-0.39, 0.29) is 41.2 Å². The maximum Gasteiger partial charge on any atom is 0.225 e. The zero-order valence-corrected chi connectivity index (χ0v) is 20.9. The lowest BCUT2D eigenvalue weighted by molar-refractivity contribution is -0.128. The number of hydrogen-bond acceptors (Lipinski definition) is 7. The van der Waals surface area contributed by atoms with E-state index in [1.807, 2.05) is 6.92 Å². The summed E-state index contributed by atoms with van der Waals surface area (Å²) in [5.41, 5.74) is 5.72. The second kappa shape index (κ2) is 9.97. The van der Waals surface area contributed by atoms with E-state index >= 15 is 0 Å². The molecule has 1 saturated heterocycles. The second-order valence-electron chi connectivity index (χ2n) is 9.86. The Morgan fingerprint density at radius 1 is 1.24 bits per heavy atom. The van der Waals surface area contributed by atoms with Gasteiger partial charge < -0.3 is 21.1 Å².